The number of carbonyl (C=O) groups is 1. The quantitative estimate of drug-likeness (QED) is 0.258. The van der Waals surface area contributed by atoms with Crippen LogP contribution >= 0.6 is 0 Å². The monoisotopic (exact) mass is 675 g/mol. The van der Waals surface area contributed by atoms with E-state index in [2.05, 4.69) is 28.8 Å². The second kappa shape index (κ2) is 11.7. The van der Waals surface area contributed by atoms with Crippen LogP contribution in [0.3, 0.4) is 0 Å². The minimum Gasteiger partial charge on any atom is -0.480 e. The zero-order valence-corrected chi connectivity index (χ0v) is 28.1. The predicted molar refractivity (Wildman–Crippen MR) is 184 cm³/mol. The lowest BCUT2D eigenvalue weighted by molar-refractivity contribution is -0.228. The molecule has 0 unspecified atom stereocenters. The van der Waals surface area contributed by atoms with Gasteiger partial charge in [0.05, 0.1) is 32.4 Å². The Morgan fingerprint density at radius 1 is 1.14 bits per heavy atom. The number of carboxylic acid groups (broad SMARTS) is 1. The van der Waals surface area contributed by atoms with Crippen LogP contribution in [0, 0.1) is 18.8 Å². The molecule has 1 saturated carbocycles. The number of para-hydroxylation sites is 1. The zero-order valence-electron chi connectivity index (χ0n) is 28.1. The largest absolute Gasteiger partial charge is 0.480 e. The fourth-order valence-electron chi connectivity index (χ4n) is 7.39. The second-order valence-electron chi connectivity index (χ2n) is 13.8. The highest BCUT2D eigenvalue weighted by Gasteiger charge is 2.50. The van der Waals surface area contributed by atoms with E-state index in [-0.39, 0.29) is 24.9 Å². The number of aromatic nitrogens is 5. The maximum absolute atomic E-state index is 12.8. The van der Waals surface area contributed by atoms with Gasteiger partial charge in [-0.15, -0.1) is 0 Å². The highest BCUT2D eigenvalue weighted by Crippen LogP contribution is 2.44. The molecule has 4 aromatic heterocycles. The van der Waals surface area contributed by atoms with Crippen LogP contribution in [0.25, 0.3) is 22.1 Å². The van der Waals surface area contributed by atoms with Crippen LogP contribution in [0.1, 0.15) is 54.7 Å². The van der Waals surface area contributed by atoms with E-state index in [4.69, 9.17) is 33.6 Å². The summed E-state index contributed by atoms with van der Waals surface area (Å²) in [5.74, 6) is 7.37. The van der Waals surface area contributed by atoms with Gasteiger partial charge in [0.1, 0.15) is 46.1 Å². The van der Waals surface area contributed by atoms with Gasteiger partial charge in [-0.2, -0.15) is 5.10 Å². The van der Waals surface area contributed by atoms with E-state index >= 15 is 0 Å². The molecule has 1 spiro atoms. The van der Waals surface area contributed by atoms with Crippen molar-refractivity contribution in [1.29, 1.82) is 0 Å². The van der Waals surface area contributed by atoms with Gasteiger partial charge in [0.15, 0.2) is 11.4 Å². The van der Waals surface area contributed by atoms with Gasteiger partial charge in [0.25, 0.3) is 0 Å². The summed E-state index contributed by atoms with van der Waals surface area (Å²) in [7, 11) is 1.87. The molecule has 1 N–H and O–H groups in total. The number of aryl methyl sites for hydroxylation is 2. The fraction of sp³-hybridized carbons (Fsp3) is 0.432. The van der Waals surface area contributed by atoms with E-state index in [1.807, 2.05) is 50.5 Å². The molecule has 1 aromatic carbocycles. The van der Waals surface area contributed by atoms with E-state index < -0.39 is 23.7 Å². The van der Waals surface area contributed by atoms with Gasteiger partial charge in [-0.05, 0) is 50.8 Å². The van der Waals surface area contributed by atoms with E-state index in [0.29, 0.717) is 66.0 Å². The number of furan rings is 1. The van der Waals surface area contributed by atoms with Gasteiger partial charge in [-0.3, -0.25) is 4.68 Å². The lowest BCUT2D eigenvalue weighted by atomic mass is 9.90. The number of hydrogen-bond acceptors (Lipinski definition) is 11. The van der Waals surface area contributed by atoms with Crippen molar-refractivity contribution in [2.45, 2.75) is 62.8 Å². The van der Waals surface area contributed by atoms with Gasteiger partial charge in [-0.1, -0.05) is 18.1 Å². The summed E-state index contributed by atoms with van der Waals surface area (Å²) in [5.41, 5.74) is 4.67. The molecule has 50 heavy (non-hydrogen) atoms. The van der Waals surface area contributed by atoms with Gasteiger partial charge >= 0.3 is 5.97 Å². The molecule has 13 heteroatoms. The Hall–Kier alpha value is -5.19. The van der Waals surface area contributed by atoms with Crippen LogP contribution in [-0.4, -0.2) is 92.5 Å². The summed E-state index contributed by atoms with van der Waals surface area (Å²) in [6, 6.07) is 8.82. The molecular formula is C37H37N7O6. The Morgan fingerprint density at radius 2 is 1.98 bits per heavy atom. The van der Waals surface area contributed by atoms with Crippen molar-refractivity contribution in [1.82, 2.24) is 24.7 Å². The number of benzene rings is 1. The van der Waals surface area contributed by atoms with Crippen molar-refractivity contribution >= 4 is 39.5 Å². The summed E-state index contributed by atoms with van der Waals surface area (Å²) in [5, 5.41) is 15.8. The highest BCUT2D eigenvalue weighted by molar-refractivity contribution is 6.06. The van der Waals surface area contributed by atoms with Crippen LogP contribution in [0.5, 0.6) is 5.88 Å². The van der Waals surface area contributed by atoms with Crippen molar-refractivity contribution in [2.75, 3.05) is 42.7 Å². The number of hydrogen-bond donors (Lipinski definition) is 1. The first kappa shape index (κ1) is 30.8. The average molecular weight is 676 g/mol. The van der Waals surface area contributed by atoms with Crippen LogP contribution in [0.15, 0.2) is 47.1 Å². The molecule has 1 aliphatic carbocycles. The number of rotatable bonds is 6. The van der Waals surface area contributed by atoms with Crippen molar-refractivity contribution in [3.63, 3.8) is 0 Å². The van der Waals surface area contributed by atoms with Crippen LogP contribution in [-0.2, 0) is 21.3 Å². The first-order chi connectivity index (χ1) is 24.3. The second-order valence-corrected chi connectivity index (χ2v) is 13.8. The molecule has 0 bridgehead atoms. The molecule has 0 amide bonds. The number of carboxylic acids is 1. The minimum absolute atomic E-state index is 0.0227. The van der Waals surface area contributed by atoms with E-state index in [1.165, 1.54) is 0 Å². The Balaban J connectivity index is 1.07. The Morgan fingerprint density at radius 3 is 2.72 bits per heavy atom. The number of nitrogens with zero attached hydrogens (tertiary/aromatic N) is 7. The maximum atomic E-state index is 12.8. The number of ether oxygens (including phenoxy) is 3. The number of pyridine rings is 1. The molecule has 5 aromatic rings. The Bertz CT molecular complexity index is 2210. The van der Waals surface area contributed by atoms with Gasteiger partial charge in [-0.25, -0.2) is 19.7 Å². The summed E-state index contributed by atoms with van der Waals surface area (Å²) in [4.78, 5) is 31.5. The third-order valence-electron chi connectivity index (χ3n) is 10.4. The third-order valence-corrected chi connectivity index (χ3v) is 10.4. The van der Waals surface area contributed by atoms with Crippen LogP contribution in [0.2, 0.25) is 0 Å². The number of anilines is 2. The van der Waals surface area contributed by atoms with Gasteiger partial charge in [0.2, 0.25) is 5.88 Å². The highest BCUT2D eigenvalue weighted by atomic mass is 16.6. The molecule has 13 nitrogen and oxygen atoms in total. The molecule has 4 aliphatic rings. The zero-order chi connectivity index (χ0) is 34.1. The predicted octanol–water partition coefficient (Wildman–Crippen LogP) is 4.20. The minimum atomic E-state index is -0.954. The van der Waals surface area contributed by atoms with Gasteiger partial charge in [0, 0.05) is 54.8 Å². The fourth-order valence-corrected chi connectivity index (χ4v) is 7.39. The number of aliphatic carboxylic acids is 1. The molecule has 3 saturated heterocycles. The van der Waals surface area contributed by atoms with Gasteiger partial charge < -0.3 is 33.5 Å². The third kappa shape index (κ3) is 5.21. The van der Waals surface area contributed by atoms with E-state index in [9.17, 15) is 9.90 Å². The lowest BCUT2D eigenvalue weighted by Crippen LogP contribution is -2.68. The number of fused-ring (bicyclic) bond motifs is 3. The van der Waals surface area contributed by atoms with Crippen molar-refractivity contribution in [2.24, 2.45) is 7.05 Å². The standard InChI is InChI=1S/C37H37N7O6/c1-21-17-42(3)41-27(21)11-8-23-14-28(43-12-13-48-37(22(43)2)19-47-20-37)35(38-16-23)49-25-15-29(36(45)46)44(18-25)34-32-31(39-33(40-34)24-9-10-24)26-6-4-5-7-30(26)50-32/h4-7,14,16-17,22,24-25,29H,9-10,12-13,15,18-20H2,1-3H3,(H,45,46)/t22-,25-,29-/m0/s1. The Kier molecular flexibility index (Phi) is 7.22. The number of morpholine rings is 1. The lowest BCUT2D eigenvalue weighted by Gasteiger charge is -2.53. The average Bonchev–Trinajstić information content (AvgIpc) is 3.62. The summed E-state index contributed by atoms with van der Waals surface area (Å²) >= 11 is 0. The van der Waals surface area contributed by atoms with Crippen molar-refractivity contribution < 1.29 is 28.5 Å². The van der Waals surface area contributed by atoms with Crippen molar-refractivity contribution in [3.8, 4) is 17.7 Å². The van der Waals surface area contributed by atoms with Crippen LogP contribution in [0.4, 0.5) is 11.5 Å². The molecule has 7 heterocycles. The Labute approximate surface area is 288 Å². The normalized spacial score (nSPS) is 22.9. The SMILES string of the molecule is Cc1cn(C)nc1C#Cc1cnc(O[C@H]2C[C@@H](C(=O)O)N(c3nc(C4CC4)nc4c3oc3ccccc34)C2)c(N2CCOC3(COC3)[C@@H]2C)c1. The first-order valence-electron chi connectivity index (χ1n) is 17.1. The molecule has 3 aliphatic heterocycles. The first-order valence-corrected chi connectivity index (χ1v) is 17.1. The molecule has 3 atom stereocenters. The smallest absolute Gasteiger partial charge is 0.326 e. The summed E-state index contributed by atoms with van der Waals surface area (Å²) < 4.78 is 26.5. The van der Waals surface area contributed by atoms with Crippen molar-refractivity contribution in [3.05, 3.63) is 65.4 Å². The topological polar surface area (TPSA) is 141 Å². The molecule has 256 valence electrons. The molecular weight excluding hydrogens is 638 g/mol. The maximum Gasteiger partial charge on any atom is 0.326 e. The van der Waals surface area contributed by atoms with E-state index in [0.717, 1.165) is 35.3 Å². The molecule has 4 fully saturated rings. The molecule has 9 rings (SSSR count). The summed E-state index contributed by atoms with van der Waals surface area (Å²) in [6.45, 7) is 6.58. The summed E-state index contributed by atoms with van der Waals surface area (Å²) in [6.07, 6.45) is 5.40. The van der Waals surface area contributed by atoms with E-state index in [1.54, 1.807) is 15.8 Å². The van der Waals surface area contributed by atoms with Crippen LogP contribution < -0.4 is 14.5 Å². The molecule has 0 radical (unpaired) electrons.